The molecule has 3 aromatic heterocycles. The average molecular weight is 496 g/mol. The van der Waals surface area contributed by atoms with Crippen LogP contribution in [0.1, 0.15) is 28.4 Å². The quantitative estimate of drug-likeness (QED) is 0.348. The van der Waals surface area contributed by atoms with Crippen molar-refractivity contribution in [2.24, 2.45) is 5.73 Å². The number of alkyl halides is 3. The van der Waals surface area contributed by atoms with E-state index < -0.39 is 33.5 Å². The number of rotatable bonds is 9. The number of carbonyl (C=O) groups excluding carboxylic acids is 1. The number of pyridine rings is 2. The lowest BCUT2D eigenvalue weighted by Gasteiger charge is -2.16. The van der Waals surface area contributed by atoms with E-state index in [0.717, 1.165) is 0 Å². The summed E-state index contributed by atoms with van der Waals surface area (Å²) >= 11 is 0. The van der Waals surface area contributed by atoms with Crippen molar-refractivity contribution in [3.05, 3.63) is 59.5 Å². The van der Waals surface area contributed by atoms with Gasteiger partial charge >= 0.3 is 6.18 Å². The number of primary amides is 1. The number of anilines is 4. The zero-order chi connectivity index (χ0) is 24.9. The summed E-state index contributed by atoms with van der Waals surface area (Å²) < 4.78 is 66.5. The van der Waals surface area contributed by atoms with Crippen molar-refractivity contribution in [2.75, 3.05) is 21.1 Å². The maximum absolute atomic E-state index is 13.5. The van der Waals surface area contributed by atoms with Gasteiger partial charge in [0, 0.05) is 30.7 Å². The highest BCUT2D eigenvalue weighted by molar-refractivity contribution is 7.92. The molecule has 0 saturated heterocycles. The molecule has 0 aliphatic carbocycles. The molecule has 0 fully saturated rings. The van der Waals surface area contributed by atoms with Crippen molar-refractivity contribution < 1.29 is 26.4 Å². The van der Waals surface area contributed by atoms with Crippen LogP contribution in [0.4, 0.5) is 36.6 Å². The third-order valence-corrected chi connectivity index (χ3v) is 5.62. The number of nitrogens with one attached hydrogen (secondary N) is 3. The number of nitrogens with zero attached hydrogens (tertiary/aromatic N) is 4. The van der Waals surface area contributed by atoms with E-state index in [1.54, 1.807) is 0 Å². The molecular formula is C19H19F3N8O3S. The van der Waals surface area contributed by atoms with Crippen LogP contribution in [0.15, 0.2) is 42.9 Å². The fourth-order valence-corrected chi connectivity index (χ4v) is 3.21. The molecule has 0 aliphatic heterocycles. The van der Waals surface area contributed by atoms with Crippen molar-refractivity contribution in [1.29, 1.82) is 0 Å². The molecule has 0 aliphatic rings. The topological polar surface area (TPSA) is 165 Å². The van der Waals surface area contributed by atoms with E-state index in [9.17, 15) is 26.4 Å². The Labute approximate surface area is 192 Å². The fourth-order valence-electron chi connectivity index (χ4n) is 2.58. The van der Waals surface area contributed by atoms with Gasteiger partial charge in [-0.3, -0.25) is 9.52 Å². The average Bonchev–Trinajstić information content (AvgIpc) is 2.78. The maximum atomic E-state index is 13.5. The molecular weight excluding hydrogens is 477 g/mol. The van der Waals surface area contributed by atoms with E-state index in [0.29, 0.717) is 11.8 Å². The van der Waals surface area contributed by atoms with Crippen LogP contribution in [-0.4, -0.2) is 40.0 Å². The maximum Gasteiger partial charge on any atom is 0.421 e. The Morgan fingerprint density at radius 1 is 1.09 bits per heavy atom. The summed E-state index contributed by atoms with van der Waals surface area (Å²) in [5, 5.41) is 5.20. The van der Waals surface area contributed by atoms with Crippen molar-refractivity contribution in [3.63, 3.8) is 0 Å². The lowest BCUT2D eigenvalue weighted by Crippen LogP contribution is -2.18. The second-order valence-electron chi connectivity index (χ2n) is 6.75. The van der Waals surface area contributed by atoms with Crippen molar-refractivity contribution in [3.8, 4) is 0 Å². The molecule has 15 heteroatoms. The zero-order valence-corrected chi connectivity index (χ0v) is 18.4. The second kappa shape index (κ2) is 9.86. The Balaban J connectivity index is 1.86. The van der Waals surface area contributed by atoms with Gasteiger partial charge in [-0.1, -0.05) is 6.07 Å². The fraction of sp³-hybridized carbons (Fsp3) is 0.211. The molecule has 1 amide bonds. The van der Waals surface area contributed by atoms with Crippen LogP contribution in [-0.2, 0) is 22.7 Å². The molecule has 3 heterocycles. The molecule has 0 bridgehead atoms. The van der Waals surface area contributed by atoms with Gasteiger partial charge in [-0.15, -0.1) is 0 Å². The predicted octanol–water partition coefficient (Wildman–Crippen LogP) is 2.50. The van der Waals surface area contributed by atoms with Crippen molar-refractivity contribution in [2.45, 2.75) is 19.6 Å². The molecule has 34 heavy (non-hydrogen) atoms. The molecule has 3 rings (SSSR count). The lowest BCUT2D eigenvalue weighted by molar-refractivity contribution is -0.137. The van der Waals surface area contributed by atoms with Crippen LogP contribution in [0.3, 0.4) is 0 Å². The van der Waals surface area contributed by atoms with E-state index in [1.165, 1.54) is 43.6 Å². The number of halogens is 3. The number of amides is 1. The monoisotopic (exact) mass is 496 g/mol. The molecule has 0 radical (unpaired) electrons. The number of aromatic nitrogens is 4. The summed E-state index contributed by atoms with van der Waals surface area (Å²) in [5.41, 5.74) is 4.46. The second-order valence-corrected chi connectivity index (χ2v) is 8.76. The lowest BCUT2D eigenvalue weighted by atomic mass is 10.2. The Bertz CT molecular complexity index is 1280. The van der Waals surface area contributed by atoms with Gasteiger partial charge in [-0.25, -0.2) is 23.4 Å². The number of hydrogen-bond donors (Lipinski definition) is 4. The molecule has 5 N–H and O–H groups in total. The van der Waals surface area contributed by atoms with E-state index in [4.69, 9.17) is 5.73 Å². The first kappa shape index (κ1) is 24.6. The number of carbonyl (C=O) groups is 1. The summed E-state index contributed by atoms with van der Waals surface area (Å²) in [5.74, 6) is -1.49. The van der Waals surface area contributed by atoms with E-state index in [-0.39, 0.29) is 35.4 Å². The molecule has 0 saturated carbocycles. The molecule has 0 spiro atoms. The van der Waals surface area contributed by atoms with Gasteiger partial charge in [0.15, 0.2) is 0 Å². The standard InChI is InChI=1S/C19H19F3N8O3S/c1-2-34(32,33)30-16-12(4-3-7-24-16)9-26-17-13(19(20,21)22)10-27-18(29-17)28-14-6-5-11(8-25-14)15(23)31/h3-8,10H,2,9H2,1H3,(H2,23,31)(H,24,30)(H2,25,26,27,28,29). The Kier molecular flexibility index (Phi) is 7.14. The van der Waals surface area contributed by atoms with Crippen LogP contribution in [0.5, 0.6) is 0 Å². The highest BCUT2D eigenvalue weighted by Crippen LogP contribution is 2.34. The van der Waals surface area contributed by atoms with Crippen LogP contribution in [0, 0.1) is 0 Å². The van der Waals surface area contributed by atoms with Gasteiger partial charge in [0.25, 0.3) is 0 Å². The van der Waals surface area contributed by atoms with Crippen molar-refractivity contribution >= 4 is 39.3 Å². The first-order valence-corrected chi connectivity index (χ1v) is 11.3. The van der Waals surface area contributed by atoms with Gasteiger partial charge in [-0.05, 0) is 25.1 Å². The Morgan fingerprint density at radius 3 is 2.47 bits per heavy atom. The predicted molar refractivity (Wildman–Crippen MR) is 118 cm³/mol. The highest BCUT2D eigenvalue weighted by Gasteiger charge is 2.35. The van der Waals surface area contributed by atoms with E-state index >= 15 is 0 Å². The van der Waals surface area contributed by atoms with E-state index in [1.807, 2.05) is 0 Å². The third kappa shape index (κ3) is 6.28. The normalized spacial score (nSPS) is 11.6. The van der Waals surface area contributed by atoms with Gasteiger partial charge < -0.3 is 16.4 Å². The highest BCUT2D eigenvalue weighted by atomic mass is 32.2. The SMILES string of the molecule is CCS(=O)(=O)Nc1ncccc1CNc1nc(Nc2ccc(C(N)=O)cn2)ncc1C(F)(F)F. The van der Waals surface area contributed by atoms with Gasteiger partial charge in [-0.2, -0.15) is 18.2 Å². The van der Waals surface area contributed by atoms with Crippen LogP contribution in [0.2, 0.25) is 0 Å². The smallest absolute Gasteiger partial charge is 0.366 e. The molecule has 0 unspecified atom stereocenters. The zero-order valence-electron chi connectivity index (χ0n) is 17.6. The minimum absolute atomic E-state index is 0.0171. The summed E-state index contributed by atoms with van der Waals surface area (Å²) in [7, 11) is -3.65. The van der Waals surface area contributed by atoms with E-state index in [2.05, 4.69) is 35.3 Å². The first-order chi connectivity index (χ1) is 16.0. The van der Waals surface area contributed by atoms with Gasteiger partial charge in [0.1, 0.15) is 23.0 Å². The van der Waals surface area contributed by atoms with Crippen LogP contribution >= 0.6 is 0 Å². The Morgan fingerprint density at radius 2 is 1.85 bits per heavy atom. The minimum atomic E-state index is -4.76. The van der Waals surface area contributed by atoms with Crippen LogP contribution < -0.4 is 21.1 Å². The third-order valence-electron chi connectivity index (χ3n) is 4.35. The number of hydrogen-bond acceptors (Lipinski definition) is 9. The number of nitrogens with two attached hydrogens (primary N) is 1. The molecule has 180 valence electrons. The molecule has 11 nitrogen and oxygen atoms in total. The Hall–Kier alpha value is -4.01. The summed E-state index contributed by atoms with van der Waals surface area (Å²) in [6.07, 6.45) is -1.63. The van der Waals surface area contributed by atoms with Gasteiger partial charge in [0.05, 0.1) is 11.3 Å². The molecule has 3 aromatic rings. The number of sulfonamides is 1. The van der Waals surface area contributed by atoms with Crippen molar-refractivity contribution in [1.82, 2.24) is 19.9 Å². The van der Waals surface area contributed by atoms with Gasteiger partial charge in [0.2, 0.25) is 21.9 Å². The summed E-state index contributed by atoms with van der Waals surface area (Å²) in [4.78, 5) is 26.6. The summed E-state index contributed by atoms with van der Waals surface area (Å²) in [6, 6.07) is 5.78. The van der Waals surface area contributed by atoms with Crippen LogP contribution in [0.25, 0.3) is 0 Å². The molecule has 0 aromatic carbocycles. The summed E-state index contributed by atoms with van der Waals surface area (Å²) in [6.45, 7) is 1.21. The molecule has 0 atom stereocenters. The minimum Gasteiger partial charge on any atom is -0.366 e. The largest absolute Gasteiger partial charge is 0.421 e. The first-order valence-electron chi connectivity index (χ1n) is 9.64.